The first-order valence-electron chi connectivity index (χ1n) is 8.58. The molecule has 0 unspecified atom stereocenters. The van der Waals surface area contributed by atoms with E-state index in [0.29, 0.717) is 12.5 Å². The van der Waals surface area contributed by atoms with E-state index in [-0.39, 0.29) is 5.56 Å². The molecule has 0 amide bonds. The van der Waals surface area contributed by atoms with Gasteiger partial charge in [0.15, 0.2) is 0 Å². The number of hydrogen-bond acceptors (Lipinski definition) is 5. The number of nitrogens with one attached hydrogen (secondary N) is 1. The highest BCUT2D eigenvalue weighted by Gasteiger charge is 2.20. The molecule has 2 aromatic heterocycles. The molecular formula is C17H25N5O2. The normalized spacial score (nSPS) is 19.3. The maximum Gasteiger partial charge on any atom is 0.250 e. The second-order valence-electron chi connectivity index (χ2n) is 6.39. The number of aromatic amines is 1. The number of aromatic nitrogens is 4. The summed E-state index contributed by atoms with van der Waals surface area (Å²) < 4.78 is 7.75. The molecule has 0 radical (unpaired) electrons. The summed E-state index contributed by atoms with van der Waals surface area (Å²) in [4.78, 5) is 20.6. The van der Waals surface area contributed by atoms with Gasteiger partial charge in [-0.2, -0.15) is 5.10 Å². The van der Waals surface area contributed by atoms with Crippen molar-refractivity contribution in [1.82, 2.24) is 24.6 Å². The predicted octanol–water partition coefficient (Wildman–Crippen LogP) is 1.07. The Bertz CT molecular complexity index is 696. The van der Waals surface area contributed by atoms with Crippen LogP contribution in [0.15, 0.2) is 29.6 Å². The Hall–Kier alpha value is -1.99. The maximum absolute atomic E-state index is 11.4. The summed E-state index contributed by atoms with van der Waals surface area (Å²) >= 11 is 0. The molecule has 0 aromatic carbocycles. The van der Waals surface area contributed by atoms with Crippen LogP contribution < -0.4 is 5.56 Å². The minimum atomic E-state index is -0.102. The summed E-state index contributed by atoms with van der Waals surface area (Å²) in [6, 6.07) is 1.57. The van der Waals surface area contributed by atoms with Gasteiger partial charge in [0.1, 0.15) is 0 Å². The van der Waals surface area contributed by atoms with E-state index in [1.54, 1.807) is 6.07 Å². The van der Waals surface area contributed by atoms with Crippen LogP contribution in [0.1, 0.15) is 24.6 Å². The van der Waals surface area contributed by atoms with Crippen molar-refractivity contribution in [1.29, 1.82) is 0 Å². The first-order chi connectivity index (χ1) is 11.7. The number of H-pyrrole nitrogens is 1. The molecule has 0 aliphatic carbocycles. The van der Waals surface area contributed by atoms with E-state index in [9.17, 15) is 4.79 Å². The van der Waals surface area contributed by atoms with Gasteiger partial charge in [-0.1, -0.05) is 6.92 Å². The largest absolute Gasteiger partial charge is 0.380 e. The second-order valence-corrected chi connectivity index (χ2v) is 6.39. The Morgan fingerprint density at radius 1 is 1.46 bits per heavy atom. The van der Waals surface area contributed by atoms with Crippen molar-refractivity contribution in [2.75, 3.05) is 26.3 Å². The third kappa shape index (κ3) is 4.75. The monoisotopic (exact) mass is 331 g/mol. The van der Waals surface area contributed by atoms with Crippen LogP contribution in [0.5, 0.6) is 0 Å². The number of hydrogen-bond donors (Lipinski definition) is 1. The highest BCUT2D eigenvalue weighted by molar-refractivity contribution is 5.04. The Morgan fingerprint density at radius 3 is 3.21 bits per heavy atom. The summed E-state index contributed by atoms with van der Waals surface area (Å²) in [6.45, 7) is 7.29. The summed E-state index contributed by atoms with van der Waals surface area (Å²) in [7, 11) is 0. The summed E-state index contributed by atoms with van der Waals surface area (Å²) in [6.07, 6.45) is 7.39. The Balaban J connectivity index is 1.60. The van der Waals surface area contributed by atoms with E-state index >= 15 is 0 Å². The van der Waals surface area contributed by atoms with Crippen molar-refractivity contribution in [3.8, 4) is 0 Å². The van der Waals surface area contributed by atoms with Crippen LogP contribution in [0.25, 0.3) is 0 Å². The molecule has 1 saturated heterocycles. The molecule has 1 atom stereocenters. The van der Waals surface area contributed by atoms with E-state index in [4.69, 9.17) is 4.74 Å². The minimum Gasteiger partial charge on any atom is -0.380 e. The average molecular weight is 331 g/mol. The van der Waals surface area contributed by atoms with Gasteiger partial charge in [0.25, 0.3) is 5.56 Å². The van der Waals surface area contributed by atoms with Crippen molar-refractivity contribution in [2.24, 2.45) is 5.92 Å². The van der Waals surface area contributed by atoms with E-state index in [0.717, 1.165) is 51.3 Å². The zero-order valence-electron chi connectivity index (χ0n) is 14.1. The lowest BCUT2D eigenvalue weighted by Gasteiger charge is -2.22. The lowest BCUT2D eigenvalue weighted by Crippen LogP contribution is -2.30. The first kappa shape index (κ1) is 16.9. The van der Waals surface area contributed by atoms with Crippen LogP contribution in [0, 0.1) is 5.92 Å². The molecule has 0 spiro atoms. The molecule has 1 aliphatic heterocycles. The van der Waals surface area contributed by atoms with Crippen molar-refractivity contribution >= 4 is 0 Å². The standard InChI is InChI=1S/C17H25N5O2/c1-2-3-22-11-15(8-20-22)10-21-4-5-24-12-14(9-21)6-16-7-17(23)19-13-18-16/h7-8,11,13-14H,2-6,9-10,12H2,1H3,(H,18,19,23)/t14-/m1/s1. The number of ether oxygens (including phenoxy) is 1. The van der Waals surface area contributed by atoms with Gasteiger partial charge >= 0.3 is 0 Å². The quantitative estimate of drug-likeness (QED) is 0.857. The average Bonchev–Trinajstić information content (AvgIpc) is 2.86. The third-order valence-electron chi connectivity index (χ3n) is 4.20. The smallest absolute Gasteiger partial charge is 0.250 e. The van der Waals surface area contributed by atoms with Gasteiger partial charge in [0.2, 0.25) is 0 Å². The topological polar surface area (TPSA) is 76.0 Å². The maximum atomic E-state index is 11.4. The second kappa shape index (κ2) is 8.21. The zero-order chi connectivity index (χ0) is 16.8. The SMILES string of the molecule is CCCn1cc(CN2CCOC[C@H](Cc3cc(=O)[nH]cn3)C2)cn1. The van der Waals surface area contributed by atoms with Crippen molar-refractivity contribution in [3.63, 3.8) is 0 Å². The Morgan fingerprint density at radius 2 is 2.38 bits per heavy atom. The third-order valence-corrected chi connectivity index (χ3v) is 4.20. The highest BCUT2D eigenvalue weighted by Crippen LogP contribution is 2.14. The molecule has 3 rings (SSSR count). The number of rotatable bonds is 6. The Kier molecular flexibility index (Phi) is 5.77. The summed E-state index contributed by atoms with van der Waals surface area (Å²) in [5.41, 5.74) is 1.96. The van der Waals surface area contributed by atoms with Crippen LogP contribution in [0.2, 0.25) is 0 Å². The van der Waals surface area contributed by atoms with Crippen molar-refractivity contribution < 1.29 is 4.74 Å². The molecule has 7 heteroatoms. The molecule has 2 aromatic rings. The highest BCUT2D eigenvalue weighted by atomic mass is 16.5. The zero-order valence-corrected chi connectivity index (χ0v) is 14.1. The molecule has 7 nitrogen and oxygen atoms in total. The van der Waals surface area contributed by atoms with Crippen LogP contribution >= 0.6 is 0 Å². The van der Waals surface area contributed by atoms with Crippen LogP contribution in [-0.2, 0) is 24.2 Å². The van der Waals surface area contributed by atoms with E-state index in [1.807, 2.05) is 10.9 Å². The van der Waals surface area contributed by atoms with Crippen molar-refractivity contribution in [2.45, 2.75) is 32.9 Å². The number of nitrogens with zero attached hydrogens (tertiary/aromatic N) is 4. The molecule has 1 aliphatic rings. The fourth-order valence-electron chi connectivity index (χ4n) is 3.13. The van der Waals surface area contributed by atoms with Gasteiger partial charge in [0.05, 0.1) is 25.7 Å². The van der Waals surface area contributed by atoms with Gasteiger partial charge in [-0.25, -0.2) is 4.98 Å². The first-order valence-corrected chi connectivity index (χ1v) is 8.58. The van der Waals surface area contributed by atoms with E-state index < -0.39 is 0 Å². The molecule has 24 heavy (non-hydrogen) atoms. The van der Waals surface area contributed by atoms with Gasteiger partial charge in [-0.15, -0.1) is 0 Å². The predicted molar refractivity (Wildman–Crippen MR) is 90.7 cm³/mol. The molecule has 1 fully saturated rings. The van der Waals surface area contributed by atoms with Crippen molar-refractivity contribution in [3.05, 3.63) is 46.4 Å². The van der Waals surface area contributed by atoms with Crippen LogP contribution in [-0.4, -0.2) is 51.0 Å². The summed E-state index contributed by atoms with van der Waals surface area (Å²) in [5.74, 6) is 0.340. The minimum absolute atomic E-state index is 0.102. The van der Waals surface area contributed by atoms with Gasteiger partial charge in [0, 0.05) is 55.6 Å². The van der Waals surface area contributed by atoms with E-state index in [1.165, 1.54) is 11.9 Å². The van der Waals surface area contributed by atoms with E-state index in [2.05, 4.69) is 33.1 Å². The molecule has 0 saturated carbocycles. The molecule has 1 N–H and O–H groups in total. The van der Waals surface area contributed by atoms with Gasteiger partial charge < -0.3 is 9.72 Å². The number of aryl methyl sites for hydroxylation is 1. The molecule has 3 heterocycles. The lowest BCUT2D eigenvalue weighted by molar-refractivity contribution is 0.121. The Labute approximate surface area is 141 Å². The fourth-order valence-corrected chi connectivity index (χ4v) is 3.13. The fraction of sp³-hybridized carbons (Fsp3) is 0.588. The van der Waals surface area contributed by atoms with Crippen LogP contribution in [0.3, 0.4) is 0 Å². The molecule has 0 bridgehead atoms. The molecule has 130 valence electrons. The lowest BCUT2D eigenvalue weighted by atomic mass is 10.0. The summed E-state index contributed by atoms with van der Waals surface area (Å²) in [5, 5.41) is 4.40. The molecular weight excluding hydrogens is 306 g/mol. The van der Waals surface area contributed by atoms with Gasteiger partial charge in [-0.3, -0.25) is 14.4 Å². The van der Waals surface area contributed by atoms with Gasteiger partial charge in [-0.05, 0) is 12.8 Å². The van der Waals surface area contributed by atoms with Crippen LogP contribution in [0.4, 0.5) is 0 Å².